The fraction of sp³-hybridized carbons (Fsp3) is 0.420. The first-order chi connectivity index (χ1) is 33.6. The van der Waals surface area contributed by atoms with E-state index < -0.39 is 144 Å². The summed E-state index contributed by atoms with van der Waals surface area (Å²) in [6, 6.07) is 14.3. The molecule has 5 atom stereocenters. The molecule has 0 saturated carbocycles. The first-order valence-corrected chi connectivity index (χ1v) is 24.5. The van der Waals surface area contributed by atoms with E-state index in [-0.39, 0.29) is 30.6 Å². The summed E-state index contributed by atoms with van der Waals surface area (Å²) in [6.45, 7) is 2.81. The van der Waals surface area contributed by atoms with Crippen LogP contribution in [0.4, 0.5) is 4.39 Å². The third kappa shape index (κ3) is 18.6. The molecule has 1 heterocycles. The highest BCUT2D eigenvalue weighted by atomic mass is 32.2. The molecule has 0 spiro atoms. The molecule has 21 heteroatoms. The Hall–Kier alpha value is -7.13. The maximum atomic E-state index is 14.4. The number of carbonyl (C=O) groups is 9. The van der Waals surface area contributed by atoms with Crippen LogP contribution in [0.2, 0.25) is 0 Å². The summed E-state index contributed by atoms with van der Waals surface area (Å²) in [4.78, 5) is 119. The van der Waals surface area contributed by atoms with Gasteiger partial charge in [-0.05, 0) is 86.2 Å². The van der Waals surface area contributed by atoms with Gasteiger partial charge in [-0.25, -0.2) is 17.5 Å². The van der Waals surface area contributed by atoms with Crippen molar-refractivity contribution in [3.05, 3.63) is 95.9 Å². The molecule has 3 aromatic carbocycles. The smallest absolute Gasteiger partial charge is 0.305 e. The molecule has 2 amide bonds. The van der Waals surface area contributed by atoms with Crippen LogP contribution < -0.4 is 20.1 Å². The normalized spacial score (nSPS) is 13.5. The number of benzene rings is 3. The van der Waals surface area contributed by atoms with E-state index in [1.807, 2.05) is 6.92 Å². The van der Waals surface area contributed by atoms with Gasteiger partial charge in [0.05, 0.1) is 36.6 Å². The Morgan fingerprint density at radius 2 is 1.37 bits per heavy atom. The highest BCUT2D eigenvalue weighted by Gasteiger charge is 2.34. The van der Waals surface area contributed by atoms with Crippen molar-refractivity contribution in [2.45, 2.75) is 108 Å². The van der Waals surface area contributed by atoms with Gasteiger partial charge in [-0.1, -0.05) is 43.7 Å². The van der Waals surface area contributed by atoms with Crippen molar-refractivity contribution in [2.24, 2.45) is 17.8 Å². The molecular formula is C50H59FN4O15S. The van der Waals surface area contributed by atoms with Gasteiger partial charge < -0.3 is 35.7 Å². The molecule has 71 heavy (non-hydrogen) atoms. The van der Waals surface area contributed by atoms with Crippen LogP contribution in [0.15, 0.2) is 83.9 Å². The zero-order valence-electron chi connectivity index (χ0n) is 39.3. The number of para-hydroxylation sites is 1. The predicted molar refractivity (Wildman–Crippen MR) is 254 cm³/mol. The van der Waals surface area contributed by atoms with Crippen LogP contribution in [0.3, 0.4) is 0 Å². The van der Waals surface area contributed by atoms with Crippen molar-refractivity contribution in [1.82, 2.24) is 20.3 Å². The summed E-state index contributed by atoms with van der Waals surface area (Å²) in [5.74, 6) is -12.8. The van der Waals surface area contributed by atoms with E-state index in [4.69, 9.17) is 4.74 Å². The van der Waals surface area contributed by atoms with Gasteiger partial charge >= 0.3 is 17.9 Å². The monoisotopic (exact) mass is 1010 g/mol. The summed E-state index contributed by atoms with van der Waals surface area (Å²) in [5.41, 5.74) is 1.63. The van der Waals surface area contributed by atoms with Crippen molar-refractivity contribution >= 4 is 73.8 Å². The number of sulfonamides is 1. The second-order valence-corrected chi connectivity index (χ2v) is 19.0. The third-order valence-electron chi connectivity index (χ3n) is 11.7. The highest BCUT2D eigenvalue weighted by molar-refractivity contribution is 7.89. The molecule has 0 aliphatic heterocycles. The lowest BCUT2D eigenvalue weighted by atomic mass is 9.88. The quantitative estimate of drug-likeness (QED) is 0.0317. The number of Topliss-reactive ketones (excluding diaryl/α,β-unsaturated/α-hetero) is 4. The lowest BCUT2D eigenvalue weighted by molar-refractivity contribution is -0.140. The molecule has 4 rings (SSSR count). The van der Waals surface area contributed by atoms with E-state index in [1.54, 1.807) is 30.5 Å². The number of aliphatic carboxylic acids is 3. The number of H-pyrrole nitrogens is 1. The predicted octanol–water partition coefficient (Wildman–Crippen LogP) is 4.74. The summed E-state index contributed by atoms with van der Waals surface area (Å²) < 4.78 is 48.6. The van der Waals surface area contributed by atoms with E-state index >= 15 is 0 Å². The number of ketones is 4. The molecule has 0 unspecified atom stereocenters. The fourth-order valence-corrected chi connectivity index (χ4v) is 9.00. The van der Waals surface area contributed by atoms with Gasteiger partial charge in [0.2, 0.25) is 21.8 Å². The first kappa shape index (κ1) is 56.5. The number of carboxylic acid groups (broad SMARTS) is 3. The maximum absolute atomic E-state index is 14.4. The van der Waals surface area contributed by atoms with Gasteiger partial charge in [-0.2, -0.15) is 0 Å². The van der Waals surface area contributed by atoms with Crippen molar-refractivity contribution < 1.29 is 76.0 Å². The van der Waals surface area contributed by atoms with Crippen LogP contribution in [-0.2, 0) is 66.0 Å². The van der Waals surface area contributed by atoms with Gasteiger partial charge in [-0.3, -0.25) is 43.2 Å². The van der Waals surface area contributed by atoms with Crippen molar-refractivity contribution in [1.29, 1.82) is 0 Å². The molecule has 19 nitrogen and oxygen atoms in total. The number of carbonyl (C=O) groups excluding carboxylic acids is 6. The maximum Gasteiger partial charge on any atom is 0.305 e. The summed E-state index contributed by atoms with van der Waals surface area (Å²) in [7, 11) is -4.52. The van der Waals surface area contributed by atoms with E-state index in [0.29, 0.717) is 23.5 Å². The molecule has 0 aliphatic rings. The second-order valence-electron chi connectivity index (χ2n) is 17.3. The summed E-state index contributed by atoms with van der Waals surface area (Å²) in [6.07, 6.45) is -1.59. The molecule has 1 aromatic heterocycles. The topological polar surface area (TPSA) is 310 Å². The number of amides is 2. The largest absolute Gasteiger partial charge is 0.494 e. The van der Waals surface area contributed by atoms with Crippen LogP contribution in [-0.4, -0.2) is 107 Å². The van der Waals surface area contributed by atoms with Crippen LogP contribution >= 0.6 is 0 Å². The van der Waals surface area contributed by atoms with Gasteiger partial charge in [0.15, 0.2) is 17.3 Å². The Morgan fingerprint density at radius 1 is 0.718 bits per heavy atom. The number of aromatic nitrogens is 1. The fourth-order valence-electron chi connectivity index (χ4n) is 7.78. The van der Waals surface area contributed by atoms with Crippen molar-refractivity contribution in [3.63, 3.8) is 0 Å². The lowest BCUT2D eigenvalue weighted by Gasteiger charge is -2.24. The number of hydrogen-bond donors (Lipinski definition) is 7. The molecule has 4 aromatic rings. The van der Waals surface area contributed by atoms with Gasteiger partial charge in [0.1, 0.15) is 17.3 Å². The minimum atomic E-state index is -4.52. The molecule has 0 radical (unpaired) electrons. The Labute approximate surface area is 409 Å². The molecule has 0 bridgehead atoms. The average Bonchev–Trinajstić information content (AvgIpc) is 3.72. The minimum absolute atomic E-state index is 0.0816. The molecule has 382 valence electrons. The summed E-state index contributed by atoms with van der Waals surface area (Å²) in [5, 5.41) is 34.1. The number of halogens is 1. The summed E-state index contributed by atoms with van der Waals surface area (Å²) >= 11 is 0. The zero-order valence-corrected chi connectivity index (χ0v) is 40.1. The van der Waals surface area contributed by atoms with Gasteiger partial charge in [-0.15, -0.1) is 0 Å². The lowest BCUT2D eigenvalue weighted by Crippen LogP contribution is -2.47. The number of ether oxygens (including phenoxy) is 1. The van der Waals surface area contributed by atoms with Crippen LogP contribution in [0.5, 0.6) is 5.75 Å². The third-order valence-corrected chi connectivity index (χ3v) is 13.2. The number of unbranched alkanes of at least 4 members (excludes halogenated alkanes) is 1. The number of rotatable bonds is 33. The van der Waals surface area contributed by atoms with Crippen molar-refractivity contribution in [2.75, 3.05) is 13.2 Å². The minimum Gasteiger partial charge on any atom is -0.494 e. The SMILES string of the molecule is CCCCOc1ccc(S(=O)(=O)N[C@H](CC(=O)O)C(=O)C[C@@H](CCC(=O)O)C(=O)NCC(=O)C[C@@H](Cc2cccc(F)c2)C(=O)N[C@@H](Cc2c[nH]c3ccccc23)C(=O)C[C@@H](CCC(=O)O)C(C)=O)cc1. The zero-order chi connectivity index (χ0) is 52.3. The molecule has 0 fully saturated rings. The Balaban J connectivity index is 1.54. The first-order valence-electron chi connectivity index (χ1n) is 23.0. The van der Waals surface area contributed by atoms with E-state index in [1.165, 1.54) is 49.4 Å². The number of carboxylic acids is 3. The Morgan fingerprint density at radius 3 is 2.00 bits per heavy atom. The average molecular weight is 1010 g/mol. The number of fused-ring (bicyclic) bond motifs is 1. The second kappa shape index (κ2) is 27.3. The van der Waals surface area contributed by atoms with Crippen LogP contribution in [0.1, 0.15) is 89.2 Å². The number of nitrogens with one attached hydrogen (secondary N) is 4. The van der Waals surface area contributed by atoms with E-state index in [2.05, 4.69) is 20.3 Å². The molecule has 7 N–H and O–H groups in total. The van der Waals surface area contributed by atoms with Crippen molar-refractivity contribution in [3.8, 4) is 5.75 Å². The van der Waals surface area contributed by atoms with Crippen LogP contribution in [0.25, 0.3) is 10.9 Å². The Bertz CT molecular complexity index is 2670. The number of hydrogen-bond acceptors (Lipinski definition) is 12. The van der Waals surface area contributed by atoms with Gasteiger partial charge in [0.25, 0.3) is 0 Å². The van der Waals surface area contributed by atoms with Crippen LogP contribution in [0, 0.1) is 23.6 Å². The van der Waals surface area contributed by atoms with E-state index in [0.717, 1.165) is 29.8 Å². The Kier molecular flexibility index (Phi) is 21.7. The highest BCUT2D eigenvalue weighted by Crippen LogP contribution is 2.24. The van der Waals surface area contributed by atoms with Gasteiger partial charge in [0, 0.05) is 73.4 Å². The molecular weight excluding hydrogens is 948 g/mol. The molecule has 0 aliphatic carbocycles. The number of aromatic amines is 1. The molecule has 0 saturated heterocycles. The standard InChI is InChI=1S/C50H59FN4O15S/c1-3-4-20-70-38-14-16-39(17-15-38)71(68,69)55-43(27-48(64)65)45(59)26-33(13-19-47(62)63)49(66)53-29-37(57)23-34(21-31-8-7-9-36(51)22-31)50(67)54-42(24-35-28-52-41-11-6-5-10-40(35)41)44(58)25-32(30(2)56)12-18-46(60)61/h5-11,14-17,22,28,32-34,42-43,52,55H,3-4,12-13,18-21,23-27,29H2,1-2H3,(H,53,66)(H,54,67)(H,60,61)(H,62,63)(H,64,65)/t32-,33-,34-,42+,43-/m1/s1. The van der Waals surface area contributed by atoms with E-state index in [9.17, 15) is 71.3 Å².